The number of carbonyl (C=O) groups excluding carboxylic acids is 1. The lowest BCUT2D eigenvalue weighted by Crippen LogP contribution is -2.12. The largest absolute Gasteiger partial charge is 0.423 e. The van der Waals surface area contributed by atoms with E-state index in [1.54, 1.807) is 18.2 Å². The van der Waals surface area contributed by atoms with Crippen LogP contribution in [-0.4, -0.2) is 17.7 Å². The second-order valence-electron chi connectivity index (χ2n) is 2.57. The SMILES string of the molecule is Cc1ccc(OC(=O)CO)c(Cl)c1. The van der Waals surface area contributed by atoms with Gasteiger partial charge in [-0.05, 0) is 24.6 Å². The summed E-state index contributed by atoms with van der Waals surface area (Å²) >= 11 is 5.77. The minimum atomic E-state index is -0.717. The van der Waals surface area contributed by atoms with Crippen molar-refractivity contribution >= 4 is 17.6 Å². The summed E-state index contributed by atoms with van der Waals surface area (Å²) in [6, 6.07) is 5.04. The quantitative estimate of drug-likeness (QED) is 0.582. The molecule has 1 N–H and O–H groups in total. The monoisotopic (exact) mass is 200 g/mol. The minimum absolute atomic E-state index is 0.270. The topological polar surface area (TPSA) is 46.5 Å². The Kier molecular flexibility index (Phi) is 3.28. The van der Waals surface area contributed by atoms with E-state index in [9.17, 15) is 4.79 Å². The second kappa shape index (κ2) is 4.25. The summed E-state index contributed by atoms with van der Waals surface area (Å²) in [5, 5.41) is 8.79. The van der Waals surface area contributed by atoms with Crippen molar-refractivity contribution in [3.05, 3.63) is 28.8 Å². The Balaban J connectivity index is 2.83. The van der Waals surface area contributed by atoms with Crippen molar-refractivity contribution in [2.45, 2.75) is 6.92 Å². The summed E-state index contributed by atoms with van der Waals surface area (Å²) in [4.78, 5) is 10.7. The number of esters is 1. The highest BCUT2D eigenvalue weighted by Gasteiger charge is 2.06. The molecule has 13 heavy (non-hydrogen) atoms. The summed E-state index contributed by atoms with van der Waals surface area (Å²) in [5.74, 6) is -0.447. The third-order valence-electron chi connectivity index (χ3n) is 1.44. The van der Waals surface area contributed by atoms with Gasteiger partial charge in [-0.15, -0.1) is 0 Å². The maximum Gasteiger partial charge on any atom is 0.337 e. The molecule has 0 atom stereocenters. The summed E-state index contributed by atoms with van der Waals surface area (Å²) in [7, 11) is 0. The van der Waals surface area contributed by atoms with Gasteiger partial charge in [-0.2, -0.15) is 0 Å². The van der Waals surface area contributed by atoms with Crippen LogP contribution in [-0.2, 0) is 4.79 Å². The molecule has 0 amide bonds. The Morgan fingerprint density at radius 1 is 1.62 bits per heavy atom. The van der Waals surface area contributed by atoms with E-state index in [0.29, 0.717) is 5.02 Å². The molecule has 0 saturated carbocycles. The smallest absolute Gasteiger partial charge is 0.337 e. The number of aliphatic hydroxyl groups excluding tert-OH is 1. The lowest BCUT2D eigenvalue weighted by atomic mass is 10.2. The normalized spacial score (nSPS) is 9.77. The molecule has 0 spiro atoms. The van der Waals surface area contributed by atoms with Gasteiger partial charge in [-0.3, -0.25) is 0 Å². The number of aliphatic hydroxyl groups is 1. The molecule has 0 unspecified atom stereocenters. The zero-order chi connectivity index (χ0) is 9.84. The van der Waals surface area contributed by atoms with Crippen LogP contribution >= 0.6 is 11.6 Å². The summed E-state index contributed by atoms with van der Waals surface area (Å²) < 4.78 is 4.73. The van der Waals surface area contributed by atoms with Crippen LogP contribution in [0.25, 0.3) is 0 Å². The number of ether oxygens (including phenoxy) is 1. The minimum Gasteiger partial charge on any atom is -0.423 e. The standard InChI is InChI=1S/C9H9ClO3/c1-6-2-3-8(7(10)4-6)13-9(12)5-11/h2-4,11H,5H2,1H3. The predicted octanol–water partition coefficient (Wildman–Crippen LogP) is 1.55. The average Bonchev–Trinajstić information content (AvgIpc) is 2.09. The highest BCUT2D eigenvalue weighted by atomic mass is 35.5. The number of halogens is 1. The third-order valence-corrected chi connectivity index (χ3v) is 1.74. The Morgan fingerprint density at radius 2 is 2.31 bits per heavy atom. The molecule has 0 aliphatic carbocycles. The van der Waals surface area contributed by atoms with E-state index in [4.69, 9.17) is 21.4 Å². The fourth-order valence-electron chi connectivity index (χ4n) is 0.844. The lowest BCUT2D eigenvalue weighted by Gasteiger charge is -2.04. The molecule has 0 aliphatic heterocycles. The molecule has 0 bridgehead atoms. The number of hydrogen-bond acceptors (Lipinski definition) is 3. The van der Waals surface area contributed by atoms with Crippen molar-refractivity contribution in [3.8, 4) is 5.75 Å². The van der Waals surface area contributed by atoms with Crippen LogP contribution in [0.1, 0.15) is 5.56 Å². The van der Waals surface area contributed by atoms with Crippen LogP contribution in [0.3, 0.4) is 0 Å². The van der Waals surface area contributed by atoms with Crippen LogP contribution in [0.15, 0.2) is 18.2 Å². The molecular weight excluding hydrogens is 192 g/mol. The van der Waals surface area contributed by atoms with Crippen molar-refractivity contribution in [2.75, 3.05) is 6.61 Å². The first-order valence-electron chi connectivity index (χ1n) is 3.71. The first kappa shape index (κ1) is 10.0. The van der Waals surface area contributed by atoms with E-state index in [-0.39, 0.29) is 5.75 Å². The highest BCUT2D eigenvalue weighted by molar-refractivity contribution is 6.32. The highest BCUT2D eigenvalue weighted by Crippen LogP contribution is 2.24. The van der Waals surface area contributed by atoms with E-state index in [1.807, 2.05) is 6.92 Å². The average molecular weight is 201 g/mol. The number of hydrogen-bond donors (Lipinski definition) is 1. The van der Waals surface area contributed by atoms with Gasteiger partial charge in [0, 0.05) is 0 Å². The van der Waals surface area contributed by atoms with Crippen molar-refractivity contribution in [3.63, 3.8) is 0 Å². The van der Waals surface area contributed by atoms with Crippen molar-refractivity contribution in [1.29, 1.82) is 0 Å². The Labute approximate surface area is 80.9 Å². The molecule has 0 aliphatic rings. The van der Waals surface area contributed by atoms with Gasteiger partial charge >= 0.3 is 5.97 Å². The fraction of sp³-hybridized carbons (Fsp3) is 0.222. The fourth-order valence-corrected chi connectivity index (χ4v) is 1.12. The molecule has 1 aromatic carbocycles. The first-order valence-corrected chi connectivity index (χ1v) is 4.09. The van der Waals surface area contributed by atoms with Crippen LogP contribution in [0, 0.1) is 6.92 Å². The number of benzene rings is 1. The van der Waals surface area contributed by atoms with Crippen molar-refractivity contribution in [1.82, 2.24) is 0 Å². The molecule has 3 nitrogen and oxygen atoms in total. The first-order chi connectivity index (χ1) is 6.13. The van der Waals surface area contributed by atoms with Gasteiger partial charge in [0.25, 0.3) is 0 Å². The molecule has 0 heterocycles. The molecule has 1 aromatic rings. The summed E-state index contributed by atoms with van der Waals surface area (Å²) in [6.07, 6.45) is 0. The van der Waals surface area contributed by atoms with Gasteiger partial charge < -0.3 is 9.84 Å². The number of carbonyl (C=O) groups is 1. The van der Waals surface area contributed by atoms with Gasteiger partial charge in [0.1, 0.15) is 12.4 Å². The molecule has 1 rings (SSSR count). The summed E-state index contributed by atoms with van der Waals surface area (Å²) in [6.45, 7) is 1.23. The Morgan fingerprint density at radius 3 is 2.85 bits per heavy atom. The molecule has 70 valence electrons. The molecule has 0 fully saturated rings. The molecule has 4 heteroatoms. The van der Waals surface area contributed by atoms with Gasteiger partial charge in [-0.1, -0.05) is 17.7 Å². The zero-order valence-electron chi connectivity index (χ0n) is 7.08. The second-order valence-corrected chi connectivity index (χ2v) is 2.97. The van der Waals surface area contributed by atoms with Crippen LogP contribution in [0.5, 0.6) is 5.75 Å². The van der Waals surface area contributed by atoms with Crippen LogP contribution in [0.2, 0.25) is 5.02 Å². The molecule has 0 radical (unpaired) electrons. The van der Waals surface area contributed by atoms with Gasteiger partial charge in [0.05, 0.1) is 5.02 Å². The predicted molar refractivity (Wildman–Crippen MR) is 48.9 cm³/mol. The van der Waals surface area contributed by atoms with Crippen molar-refractivity contribution < 1.29 is 14.6 Å². The van der Waals surface area contributed by atoms with Gasteiger partial charge in [-0.25, -0.2) is 4.79 Å². The van der Waals surface area contributed by atoms with Crippen LogP contribution in [0.4, 0.5) is 0 Å². The third kappa shape index (κ3) is 2.72. The summed E-state index contributed by atoms with van der Waals surface area (Å²) in [5.41, 5.74) is 0.980. The van der Waals surface area contributed by atoms with Gasteiger partial charge in [0.15, 0.2) is 0 Å². The maximum absolute atomic E-state index is 10.7. The van der Waals surface area contributed by atoms with E-state index in [0.717, 1.165) is 5.56 Å². The van der Waals surface area contributed by atoms with Crippen LogP contribution < -0.4 is 4.74 Å². The maximum atomic E-state index is 10.7. The van der Waals surface area contributed by atoms with E-state index in [2.05, 4.69) is 0 Å². The zero-order valence-corrected chi connectivity index (χ0v) is 7.84. The molecular formula is C9H9ClO3. The molecule has 0 aromatic heterocycles. The Hall–Kier alpha value is -1.06. The number of rotatable bonds is 2. The van der Waals surface area contributed by atoms with E-state index in [1.165, 1.54) is 0 Å². The van der Waals surface area contributed by atoms with E-state index < -0.39 is 12.6 Å². The van der Waals surface area contributed by atoms with Gasteiger partial charge in [0.2, 0.25) is 0 Å². The number of aryl methyl sites for hydroxylation is 1. The van der Waals surface area contributed by atoms with Crippen molar-refractivity contribution in [2.24, 2.45) is 0 Å². The Bertz CT molecular complexity index is 323. The molecule has 0 saturated heterocycles. The van der Waals surface area contributed by atoms with E-state index >= 15 is 0 Å². The lowest BCUT2D eigenvalue weighted by molar-refractivity contribution is -0.137.